The topological polar surface area (TPSA) is 54.2 Å². The van der Waals surface area contributed by atoms with Gasteiger partial charge < -0.3 is 14.6 Å². The standard InChI is InChI=1S/C13H24N4O/c1-4-14-9-12-15-16-13(18-12)17(3)11-8-6-5-7-10(11)2/h10-11,14H,4-9H2,1-3H3. The van der Waals surface area contributed by atoms with Gasteiger partial charge in [0.25, 0.3) is 0 Å². The second-order valence-electron chi connectivity index (χ2n) is 5.20. The number of nitrogens with zero attached hydrogens (tertiary/aromatic N) is 3. The van der Waals surface area contributed by atoms with Crippen molar-refractivity contribution in [3.05, 3.63) is 5.89 Å². The highest BCUT2D eigenvalue weighted by Gasteiger charge is 2.27. The lowest BCUT2D eigenvalue weighted by atomic mass is 9.85. The van der Waals surface area contributed by atoms with Crippen LogP contribution in [0.3, 0.4) is 0 Å². The van der Waals surface area contributed by atoms with E-state index in [-0.39, 0.29) is 0 Å². The van der Waals surface area contributed by atoms with Gasteiger partial charge >= 0.3 is 6.01 Å². The molecule has 1 N–H and O–H groups in total. The molecule has 5 heteroatoms. The molecule has 0 bridgehead atoms. The molecule has 0 radical (unpaired) electrons. The molecular weight excluding hydrogens is 228 g/mol. The largest absolute Gasteiger partial charge is 0.407 e. The Morgan fingerprint density at radius 3 is 2.83 bits per heavy atom. The Morgan fingerprint density at radius 2 is 2.11 bits per heavy atom. The lowest BCUT2D eigenvalue weighted by molar-refractivity contribution is 0.309. The van der Waals surface area contributed by atoms with Crippen molar-refractivity contribution in [2.24, 2.45) is 5.92 Å². The molecule has 0 saturated heterocycles. The van der Waals surface area contributed by atoms with E-state index in [1.54, 1.807) is 0 Å². The van der Waals surface area contributed by atoms with E-state index in [0.717, 1.165) is 6.54 Å². The van der Waals surface area contributed by atoms with Crippen LogP contribution in [0.5, 0.6) is 0 Å². The minimum atomic E-state index is 0.534. The van der Waals surface area contributed by atoms with Crippen molar-refractivity contribution in [3.8, 4) is 0 Å². The molecule has 0 aliphatic heterocycles. The molecule has 5 nitrogen and oxygen atoms in total. The number of hydrogen-bond donors (Lipinski definition) is 1. The first-order valence-corrected chi connectivity index (χ1v) is 6.98. The van der Waals surface area contributed by atoms with Gasteiger partial charge in [0.05, 0.1) is 6.54 Å². The van der Waals surface area contributed by atoms with Crippen LogP contribution in [-0.4, -0.2) is 29.8 Å². The van der Waals surface area contributed by atoms with Crippen molar-refractivity contribution >= 4 is 6.01 Å². The van der Waals surface area contributed by atoms with Crippen molar-refractivity contribution < 1.29 is 4.42 Å². The molecule has 0 amide bonds. The Morgan fingerprint density at radius 1 is 1.33 bits per heavy atom. The summed E-state index contributed by atoms with van der Waals surface area (Å²) in [6.45, 7) is 5.94. The Hall–Kier alpha value is -1.10. The summed E-state index contributed by atoms with van der Waals surface area (Å²) >= 11 is 0. The van der Waals surface area contributed by atoms with Gasteiger partial charge in [0.15, 0.2) is 0 Å². The SMILES string of the molecule is CCNCc1nnc(N(C)C2CCCCC2C)o1. The highest BCUT2D eigenvalue weighted by molar-refractivity contribution is 5.25. The number of hydrogen-bond acceptors (Lipinski definition) is 5. The number of rotatable bonds is 5. The fourth-order valence-electron chi connectivity index (χ4n) is 2.70. The van der Waals surface area contributed by atoms with Crippen molar-refractivity contribution in [1.29, 1.82) is 0 Å². The predicted octanol–water partition coefficient (Wildman–Crippen LogP) is 2.19. The zero-order chi connectivity index (χ0) is 13.0. The maximum Gasteiger partial charge on any atom is 0.318 e. The molecule has 2 unspecified atom stereocenters. The van der Waals surface area contributed by atoms with Crippen LogP contribution in [0.25, 0.3) is 0 Å². The summed E-state index contributed by atoms with van der Waals surface area (Å²) < 4.78 is 5.69. The third-order valence-corrected chi connectivity index (χ3v) is 3.85. The van der Waals surface area contributed by atoms with E-state index in [0.29, 0.717) is 30.4 Å². The first kappa shape index (κ1) is 13.3. The van der Waals surface area contributed by atoms with Crippen LogP contribution >= 0.6 is 0 Å². The van der Waals surface area contributed by atoms with Gasteiger partial charge in [-0.25, -0.2) is 0 Å². The zero-order valence-corrected chi connectivity index (χ0v) is 11.6. The van der Waals surface area contributed by atoms with E-state index in [4.69, 9.17) is 4.42 Å². The molecule has 18 heavy (non-hydrogen) atoms. The third-order valence-electron chi connectivity index (χ3n) is 3.85. The van der Waals surface area contributed by atoms with Crippen LogP contribution in [0, 0.1) is 5.92 Å². The minimum Gasteiger partial charge on any atom is -0.407 e. The molecule has 2 atom stereocenters. The average Bonchev–Trinajstić information content (AvgIpc) is 2.85. The number of nitrogens with one attached hydrogen (secondary N) is 1. The summed E-state index contributed by atoms with van der Waals surface area (Å²) in [4.78, 5) is 2.16. The Labute approximate surface area is 109 Å². The molecule has 1 saturated carbocycles. The highest BCUT2D eigenvalue weighted by Crippen LogP contribution is 2.29. The van der Waals surface area contributed by atoms with Crippen LogP contribution in [0.4, 0.5) is 6.01 Å². The molecule has 1 heterocycles. The molecule has 0 spiro atoms. The summed E-state index contributed by atoms with van der Waals surface area (Å²) in [5.41, 5.74) is 0. The van der Waals surface area contributed by atoms with E-state index in [1.165, 1.54) is 25.7 Å². The van der Waals surface area contributed by atoms with Gasteiger partial charge in [0.1, 0.15) is 0 Å². The second-order valence-corrected chi connectivity index (χ2v) is 5.20. The van der Waals surface area contributed by atoms with Crippen LogP contribution < -0.4 is 10.2 Å². The van der Waals surface area contributed by atoms with Gasteiger partial charge in [-0.3, -0.25) is 0 Å². The molecule has 1 aromatic rings. The second kappa shape index (κ2) is 6.18. The van der Waals surface area contributed by atoms with Gasteiger partial charge in [-0.05, 0) is 25.3 Å². The van der Waals surface area contributed by atoms with Gasteiger partial charge in [0, 0.05) is 13.1 Å². The molecular formula is C13H24N4O. The highest BCUT2D eigenvalue weighted by atomic mass is 16.4. The first-order valence-electron chi connectivity index (χ1n) is 6.98. The third kappa shape index (κ3) is 3.02. The fraction of sp³-hybridized carbons (Fsp3) is 0.846. The fourth-order valence-corrected chi connectivity index (χ4v) is 2.70. The van der Waals surface area contributed by atoms with Gasteiger partial charge in [-0.2, -0.15) is 0 Å². The smallest absolute Gasteiger partial charge is 0.318 e. The predicted molar refractivity (Wildman–Crippen MR) is 71.5 cm³/mol. The monoisotopic (exact) mass is 252 g/mol. The van der Waals surface area contributed by atoms with E-state index >= 15 is 0 Å². The molecule has 1 fully saturated rings. The lowest BCUT2D eigenvalue weighted by Crippen LogP contribution is -2.39. The number of anilines is 1. The molecule has 0 aromatic carbocycles. The minimum absolute atomic E-state index is 0.534. The normalized spacial score (nSPS) is 24.2. The molecule has 102 valence electrons. The van der Waals surface area contributed by atoms with Crippen molar-refractivity contribution in [2.75, 3.05) is 18.5 Å². The van der Waals surface area contributed by atoms with E-state index < -0.39 is 0 Å². The summed E-state index contributed by atoms with van der Waals surface area (Å²) in [6, 6.07) is 1.19. The van der Waals surface area contributed by atoms with Crippen LogP contribution in [0.2, 0.25) is 0 Å². The summed E-state index contributed by atoms with van der Waals surface area (Å²) in [5.74, 6) is 1.37. The van der Waals surface area contributed by atoms with Crippen molar-refractivity contribution in [2.45, 2.75) is 52.1 Å². The number of aromatic nitrogens is 2. The lowest BCUT2D eigenvalue weighted by Gasteiger charge is -2.35. The quantitative estimate of drug-likeness (QED) is 0.870. The molecule has 2 rings (SSSR count). The van der Waals surface area contributed by atoms with Gasteiger partial charge in [-0.15, -0.1) is 5.10 Å². The Kier molecular flexibility index (Phi) is 4.58. The maximum atomic E-state index is 5.69. The van der Waals surface area contributed by atoms with Gasteiger partial charge in [0.2, 0.25) is 5.89 Å². The summed E-state index contributed by atoms with van der Waals surface area (Å²) in [5, 5.41) is 11.4. The average molecular weight is 252 g/mol. The molecule has 1 aliphatic carbocycles. The molecule has 1 aromatic heterocycles. The van der Waals surface area contributed by atoms with Crippen LogP contribution in [0.15, 0.2) is 4.42 Å². The summed E-state index contributed by atoms with van der Waals surface area (Å²) in [7, 11) is 2.07. The van der Waals surface area contributed by atoms with Crippen molar-refractivity contribution in [3.63, 3.8) is 0 Å². The maximum absolute atomic E-state index is 5.69. The molecule has 1 aliphatic rings. The van der Waals surface area contributed by atoms with E-state index in [9.17, 15) is 0 Å². The van der Waals surface area contributed by atoms with Gasteiger partial charge in [-0.1, -0.05) is 31.8 Å². The zero-order valence-electron chi connectivity index (χ0n) is 11.6. The Bertz CT molecular complexity index is 366. The van der Waals surface area contributed by atoms with Crippen LogP contribution in [0.1, 0.15) is 45.4 Å². The summed E-state index contributed by atoms with van der Waals surface area (Å²) in [6.07, 6.45) is 5.18. The van der Waals surface area contributed by atoms with Crippen LogP contribution in [-0.2, 0) is 6.54 Å². The van der Waals surface area contributed by atoms with Crippen molar-refractivity contribution in [1.82, 2.24) is 15.5 Å². The van der Waals surface area contributed by atoms with E-state index in [1.807, 2.05) is 0 Å². The van der Waals surface area contributed by atoms with E-state index in [2.05, 4.69) is 41.3 Å². The Balaban J connectivity index is 1.99. The first-order chi connectivity index (χ1) is 8.72.